The van der Waals surface area contributed by atoms with Crippen molar-refractivity contribution in [2.45, 2.75) is 91.0 Å². The Morgan fingerprint density at radius 1 is 0.587 bits per heavy atom. The first-order chi connectivity index (χ1) is 21.8. The van der Waals surface area contributed by atoms with Crippen molar-refractivity contribution >= 4 is 5.91 Å². The van der Waals surface area contributed by atoms with Crippen molar-refractivity contribution in [2.24, 2.45) is 0 Å². The van der Waals surface area contributed by atoms with Gasteiger partial charge in [0, 0.05) is 25.2 Å². The Morgan fingerprint density at radius 2 is 1.11 bits per heavy atom. The van der Waals surface area contributed by atoms with Gasteiger partial charge in [0.25, 0.3) is 5.91 Å². The molecule has 0 unspecified atom stereocenters. The van der Waals surface area contributed by atoms with Gasteiger partial charge >= 0.3 is 12.4 Å². The molecular weight excluding hydrogens is 602 g/mol. The quantitative estimate of drug-likeness (QED) is 0.107. The maximum atomic E-state index is 13.8. The molecule has 0 N–H and O–H groups in total. The van der Waals surface area contributed by atoms with E-state index in [9.17, 15) is 31.1 Å². The molecule has 0 aliphatic heterocycles. The summed E-state index contributed by atoms with van der Waals surface area (Å²) in [5, 5.41) is 0. The molecule has 0 spiro atoms. The summed E-state index contributed by atoms with van der Waals surface area (Å²) in [4.78, 5) is 18.0. The predicted octanol–water partition coefficient (Wildman–Crippen LogP) is 10.7. The number of hydrogen-bond acceptors (Lipinski definition) is 2. The standard InChI is InChI=1S/C37H46F6N2O/c1-4-7-10-11-28-12-18-31(19-13-28)35(46)45(23-22-44(20-8-5-2)21-9-6-3)27-29-14-16-30(17-15-29)32-24-33(36(38,39)40)26-34(25-32)37(41,42)43/h12-19,24-26H,4-11,20-23,27H2,1-3H3. The van der Waals surface area contributed by atoms with E-state index in [0.29, 0.717) is 18.7 Å². The molecule has 1 amide bonds. The number of halogens is 6. The van der Waals surface area contributed by atoms with Crippen LogP contribution in [0.1, 0.15) is 98.3 Å². The minimum atomic E-state index is -4.92. The normalized spacial score (nSPS) is 12.1. The molecule has 9 heteroatoms. The van der Waals surface area contributed by atoms with Crippen molar-refractivity contribution in [2.75, 3.05) is 26.2 Å². The van der Waals surface area contributed by atoms with Crippen molar-refractivity contribution in [1.29, 1.82) is 0 Å². The lowest BCUT2D eigenvalue weighted by Crippen LogP contribution is -2.39. The Morgan fingerprint density at radius 3 is 1.61 bits per heavy atom. The Balaban J connectivity index is 1.86. The molecule has 0 aliphatic carbocycles. The number of nitrogens with zero attached hydrogens (tertiary/aromatic N) is 2. The van der Waals surface area contributed by atoms with Crippen LogP contribution in [0.2, 0.25) is 0 Å². The molecule has 0 saturated heterocycles. The second kappa shape index (κ2) is 17.5. The Hall–Kier alpha value is -3.33. The first-order valence-electron chi connectivity index (χ1n) is 16.3. The molecule has 0 atom stereocenters. The lowest BCUT2D eigenvalue weighted by Gasteiger charge is -2.28. The van der Waals surface area contributed by atoms with Crippen LogP contribution in [-0.4, -0.2) is 41.9 Å². The van der Waals surface area contributed by atoms with Gasteiger partial charge in [0.15, 0.2) is 0 Å². The maximum absolute atomic E-state index is 13.8. The molecule has 0 saturated carbocycles. The van der Waals surface area contributed by atoms with Gasteiger partial charge in [-0.3, -0.25) is 4.79 Å². The summed E-state index contributed by atoms with van der Waals surface area (Å²) in [5.41, 5.74) is -0.181. The third kappa shape index (κ3) is 11.5. The van der Waals surface area contributed by atoms with E-state index in [2.05, 4.69) is 25.7 Å². The third-order valence-electron chi connectivity index (χ3n) is 8.15. The number of alkyl halides is 6. The zero-order valence-corrected chi connectivity index (χ0v) is 27.1. The van der Waals surface area contributed by atoms with Crippen LogP contribution >= 0.6 is 0 Å². The van der Waals surface area contributed by atoms with Crippen LogP contribution in [0, 0.1) is 0 Å². The topological polar surface area (TPSA) is 23.6 Å². The molecule has 3 aromatic carbocycles. The number of amides is 1. The Labute approximate surface area is 269 Å². The third-order valence-corrected chi connectivity index (χ3v) is 8.15. The summed E-state index contributed by atoms with van der Waals surface area (Å²) in [6.45, 7) is 9.76. The summed E-state index contributed by atoms with van der Waals surface area (Å²) < 4.78 is 80.6. The summed E-state index contributed by atoms with van der Waals surface area (Å²) in [6, 6.07) is 15.6. The molecule has 0 fully saturated rings. The van der Waals surface area contributed by atoms with E-state index in [-0.39, 0.29) is 29.6 Å². The highest BCUT2D eigenvalue weighted by Gasteiger charge is 2.37. The van der Waals surface area contributed by atoms with Crippen LogP contribution in [0.3, 0.4) is 0 Å². The Kier molecular flexibility index (Phi) is 14.2. The van der Waals surface area contributed by atoms with Crippen LogP contribution in [0.4, 0.5) is 26.3 Å². The summed E-state index contributed by atoms with van der Waals surface area (Å²) in [5.74, 6) is -0.122. The van der Waals surface area contributed by atoms with Gasteiger partial charge in [0.05, 0.1) is 11.1 Å². The molecule has 3 nitrogen and oxygen atoms in total. The van der Waals surface area contributed by atoms with Crippen molar-refractivity contribution in [3.05, 3.63) is 94.5 Å². The minimum Gasteiger partial charge on any atom is -0.333 e. The molecular formula is C37H46F6N2O. The Bertz CT molecular complexity index is 1310. The molecule has 3 rings (SSSR count). The van der Waals surface area contributed by atoms with E-state index in [1.165, 1.54) is 17.7 Å². The van der Waals surface area contributed by atoms with Crippen LogP contribution in [0.15, 0.2) is 66.7 Å². The summed E-state index contributed by atoms with van der Waals surface area (Å²) >= 11 is 0. The molecule has 0 aromatic heterocycles. The monoisotopic (exact) mass is 648 g/mol. The van der Waals surface area contributed by atoms with E-state index in [0.717, 1.165) is 82.2 Å². The molecule has 0 heterocycles. The molecule has 3 aromatic rings. The first-order valence-corrected chi connectivity index (χ1v) is 16.3. The number of carbonyl (C=O) groups excluding carboxylic acids is 1. The summed E-state index contributed by atoms with van der Waals surface area (Å²) in [6.07, 6.45) is -1.26. The van der Waals surface area contributed by atoms with Crippen LogP contribution < -0.4 is 0 Å². The van der Waals surface area contributed by atoms with Crippen LogP contribution in [-0.2, 0) is 25.3 Å². The highest BCUT2D eigenvalue weighted by Crippen LogP contribution is 2.38. The van der Waals surface area contributed by atoms with Crippen LogP contribution in [0.5, 0.6) is 0 Å². The fourth-order valence-corrected chi connectivity index (χ4v) is 5.33. The first kappa shape index (κ1) is 37.1. The minimum absolute atomic E-state index is 0.122. The van der Waals surface area contributed by atoms with Gasteiger partial charge in [-0.25, -0.2) is 0 Å². The highest BCUT2D eigenvalue weighted by molar-refractivity contribution is 5.94. The highest BCUT2D eigenvalue weighted by atomic mass is 19.4. The molecule has 0 radical (unpaired) electrons. The number of rotatable bonds is 17. The van der Waals surface area contributed by atoms with Crippen LogP contribution in [0.25, 0.3) is 11.1 Å². The predicted molar refractivity (Wildman–Crippen MR) is 173 cm³/mol. The number of carbonyl (C=O) groups is 1. The fourth-order valence-electron chi connectivity index (χ4n) is 5.33. The molecule has 0 bridgehead atoms. The van der Waals surface area contributed by atoms with Gasteiger partial charge < -0.3 is 9.80 Å². The number of hydrogen-bond donors (Lipinski definition) is 0. The van der Waals surface area contributed by atoms with Gasteiger partial charge in [-0.1, -0.05) is 82.9 Å². The van der Waals surface area contributed by atoms with Crippen molar-refractivity contribution < 1.29 is 31.1 Å². The average molecular weight is 649 g/mol. The largest absolute Gasteiger partial charge is 0.416 e. The number of unbranched alkanes of at least 4 members (excludes halogenated alkanes) is 4. The van der Waals surface area contributed by atoms with Gasteiger partial charge in [-0.2, -0.15) is 26.3 Å². The van der Waals surface area contributed by atoms with Crippen molar-refractivity contribution in [1.82, 2.24) is 9.80 Å². The maximum Gasteiger partial charge on any atom is 0.416 e. The second-order valence-corrected chi connectivity index (χ2v) is 11.9. The van der Waals surface area contributed by atoms with E-state index >= 15 is 0 Å². The summed E-state index contributed by atoms with van der Waals surface area (Å²) in [7, 11) is 0. The number of aryl methyl sites for hydroxylation is 1. The van der Waals surface area contributed by atoms with E-state index in [4.69, 9.17) is 0 Å². The molecule has 0 aliphatic rings. The lowest BCUT2D eigenvalue weighted by atomic mass is 9.98. The van der Waals surface area contributed by atoms with E-state index < -0.39 is 23.5 Å². The molecule has 252 valence electrons. The van der Waals surface area contributed by atoms with Gasteiger partial charge in [0.2, 0.25) is 0 Å². The van der Waals surface area contributed by atoms with Gasteiger partial charge in [0.1, 0.15) is 0 Å². The zero-order chi connectivity index (χ0) is 33.7. The van der Waals surface area contributed by atoms with Crippen molar-refractivity contribution in [3.8, 4) is 11.1 Å². The van der Waals surface area contributed by atoms with Crippen molar-refractivity contribution in [3.63, 3.8) is 0 Å². The zero-order valence-electron chi connectivity index (χ0n) is 27.1. The SMILES string of the molecule is CCCCCc1ccc(C(=O)N(CCN(CCCC)CCCC)Cc2ccc(-c3cc(C(F)(F)F)cc(C(F)(F)F)c3)cc2)cc1. The van der Waals surface area contributed by atoms with E-state index in [1.807, 2.05) is 24.3 Å². The fraction of sp³-hybridized carbons (Fsp3) is 0.486. The number of benzene rings is 3. The van der Waals surface area contributed by atoms with Gasteiger partial charge in [-0.15, -0.1) is 0 Å². The molecule has 46 heavy (non-hydrogen) atoms. The lowest BCUT2D eigenvalue weighted by molar-refractivity contribution is -0.143. The smallest absolute Gasteiger partial charge is 0.333 e. The second-order valence-electron chi connectivity index (χ2n) is 11.9. The van der Waals surface area contributed by atoms with Gasteiger partial charge in [-0.05, 0) is 91.4 Å². The average Bonchev–Trinajstić information content (AvgIpc) is 3.03. The van der Waals surface area contributed by atoms with E-state index in [1.54, 1.807) is 17.0 Å².